The number of fused-ring (bicyclic) bond motifs is 1. The monoisotopic (exact) mass is 394 g/mol. The van der Waals surface area contributed by atoms with Gasteiger partial charge in [-0.3, -0.25) is 0 Å². The zero-order chi connectivity index (χ0) is 19.5. The van der Waals surface area contributed by atoms with Crippen molar-refractivity contribution in [2.45, 2.75) is 19.6 Å². The summed E-state index contributed by atoms with van der Waals surface area (Å²) >= 11 is 1.66. The van der Waals surface area contributed by atoms with Crippen LogP contribution in [0.5, 0.6) is 0 Å². The Bertz CT molecular complexity index is 1120. The fraction of sp³-hybridized carbons (Fsp3) is 0.136. The van der Waals surface area contributed by atoms with Crippen molar-refractivity contribution in [1.29, 1.82) is 0 Å². The van der Waals surface area contributed by atoms with Crippen molar-refractivity contribution in [3.63, 3.8) is 0 Å². The van der Waals surface area contributed by atoms with Gasteiger partial charge >= 0.3 is 5.97 Å². The Morgan fingerprint density at radius 3 is 2.68 bits per heavy atom. The molecule has 0 unspecified atom stereocenters. The van der Waals surface area contributed by atoms with Crippen LogP contribution in [0, 0.1) is 5.82 Å². The number of hydrogen-bond donors (Lipinski definition) is 2. The molecule has 4 aromatic rings. The van der Waals surface area contributed by atoms with Gasteiger partial charge in [-0.15, -0.1) is 11.3 Å². The Kier molecular flexibility index (Phi) is 5.23. The number of nitrogens with zero attached hydrogens (tertiary/aromatic N) is 1. The molecular weight excluding hydrogens is 375 g/mol. The highest BCUT2D eigenvalue weighted by atomic mass is 32.1. The van der Waals surface area contributed by atoms with Gasteiger partial charge < -0.3 is 15.0 Å². The van der Waals surface area contributed by atoms with Gasteiger partial charge in [-0.1, -0.05) is 36.4 Å². The molecule has 0 aliphatic heterocycles. The predicted molar refractivity (Wildman–Crippen MR) is 109 cm³/mol. The second-order valence-corrected chi connectivity index (χ2v) is 7.58. The molecule has 6 heteroatoms. The number of hydrogen-bond acceptors (Lipinski definition) is 3. The van der Waals surface area contributed by atoms with Crippen LogP contribution in [0.15, 0.2) is 66.0 Å². The molecule has 0 aliphatic carbocycles. The molecule has 0 aliphatic rings. The van der Waals surface area contributed by atoms with Crippen molar-refractivity contribution in [3.05, 3.63) is 93.6 Å². The lowest BCUT2D eigenvalue weighted by Crippen LogP contribution is -2.17. The van der Waals surface area contributed by atoms with E-state index < -0.39 is 5.97 Å². The molecule has 4 rings (SSSR count). The van der Waals surface area contributed by atoms with E-state index in [9.17, 15) is 14.3 Å². The Morgan fingerprint density at radius 2 is 1.93 bits per heavy atom. The van der Waals surface area contributed by atoms with Gasteiger partial charge in [-0.2, -0.15) is 0 Å². The van der Waals surface area contributed by atoms with Gasteiger partial charge in [0.1, 0.15) is 11.5 Å². The second-order valence-electron chi connectivity index (χ2n) is 6.55. The van der Waals surface area contributed by atoms with Crippen molar-refractivity contribution >= 4 is 28.2 Å². The largest absolute Gasteiger partial charge is 0.477 e. The predicted octanol–water partition coefficient (Wildman–Crippen LogP) is 4.88. The summed E-state index contributed by atoms with van der Waals surface area (Å²) in [5.41, 5.74) is 2.54. The fourth-order valence-corrected chi connectivity index (χ4v) is 4.18. The van der Waals surface area contributed by atoms with E-state index in [2.05, 4.69) is 5.32 Å². The van der Waals surface area contributed by atoms with Gasteiger partial charge in [0.15, 0.2) is 0 Å². The molecule has 0 fully saturated rings. The molecule has 2 aromatic carbocycles. The van der Waals surface area contributed by atoms with Crippen LogP contribution in [0.3, 0.4) is 0 Å². The first-order valence-corrected chi connectivity index (χ1v) is 9.82. The fourth-order valence-electron chi connectivity index (χ4n) is 3.50. The summed E-state index contributed by atoms with van der Waals surface area (Å²) in [7, 11) is 0. The van der Waals surface area contributed by atoms with E-state index >= 15 is 0 Å². The van der Waals surface area contributed by atoms with E-state index in [1.165, 1.54) is 17.0 Å². The highest BCUT2D eigenvalue weighted by molar-refractivity contribution is 7.09. The second kappa shape index (κ2) is 7.96. The molecule has 0 atom stereocenters. The van der Waals surface area contributed by atoms with E-state index in [4.69, 9.17) is 0 Å². The molecule has 28 heavy (non-hydrogen) atoms. The quantitative estimate of drug-likeness (QED) is 0.470. The van der Waals surface area contributed by atoms with Crippen molar-refractivity contribution in [2.24, 2.45) is 0 Å². The number of thiophene rings is 1. The van der Waals surface area contributed by atoms with Crippen molar-refractivity contribution < 1.29 is 14.3 Å². The molecule has 0 amide bonds. The highest BCUT2D eigenvalue weighted by Gasteiger charge is 2.22. The molecule has 142 valence electrons. The van der Waals surface area contributed by atoms with Crippen LogP contribution in [-0.2, 0) is 19.6 Å². The molecule has 2 heterocycles. The maximum atomic E-state index is 13.6. The van der Waals surface area contributed by atoms with Crippen LogP contribution < -0.4 is 5.32 Å². The average molecular weight is 394 g/mol. The van der Waals surface area contributed by atoms with E-state index in [1.54, 1.807) is 28.0 Å². The lowest BCUT2D eigenvalue weighted by atomic mass is 10.1. The molecule has 0 radical (unpaired) electrons. The van der Waals surface area contributed by atoms with Crippen molar-refractivity contribution in [3.8, 4) is 0 Å². The smallest absolute Gasteiger partial charge is 0.352 e. The summed E-state index contributed by atoms with van der Waals surface area (Å²) in [6.07, 6.45) is 0. The minimum atomic E-state index is -0.986. The summed E-state index contributed by atoms with van der Waals surface area (Å²) in [5, 5.41) is 16.2. The van der Waals surface area contributed by atoms with Crippen LogP contribution >= 0.6 is 11.3 Å². The molecule has 2 N–H and O–H groups in total. The summed E-state index contributed by atoms with van der Waals surface area (Å²) in [6.45, 7) is 1.42. The van der Waals surface area contributed by atoms with Crippen LogP contribution in [0.25, 0.3) is 10.9 Å². The Morgan fingerprint density at radius 1 is 1.07 bits per heavy atom. The number of rotatable bonds is 7. The SMILES string of the molecule is O=C(O)c1c(CNCc2cccs2)c2ccccc2n1Cc1cccc(F)c1. The number of carboxylic acid groups (broad SMARTS) is 1. The number of aromatic carboxylic acids is 1. The van der Waals surface area contributed by atoms with E-state index in [1.807, 2.05) is 41.8 Å². The van der Waals surface area contributed by atoms with Gasteiger partial charge in [0.05, 0.1) is 0 Å². The first kappa shape index (κ1) is 18.4. The third-order valence-electron chi connectivity index (χ3n) is 4.69. The standard InChI is InChI=1S/C22H19FN2O2S/c23-16-6-3-5-15(11-16)14-25-20-9-2-1-8-18(20)19(21(25)22(26)27)13-24-12-17-7-4-10-28-17/h1-11,24H,12-14H2,(H,26,27). The molecule has 0 spiro atoms. The molecule has 4 nitrogen and oxygen atoms in total. The zero-order valence-corrected chi connectivity index (χ0v) is 15.9. The van der Waals surface area contributed by atoms with Gasteiger partial charge in [0.2, 0.25) is 0 Å². The number of carbonyl (C=O) groups is 1. The number of aromatic nitrogens is 1. The molecule has 0 saturated carbocycles. The summed E-state index contributed by atoms with van der Waals surface area (Å²) < 4.78 is 15.4. The number of nitrogens with one attached hydrogen (secondary N) is 1. The van der Waals surface area contributed by atoms with Crippen LogP contribution in [0.4, 0.5) is 4.39 Å². The lowest BCUT2D eigenvalue weighted by molar-refractivity contribution is 0.0685. The maximum absolute atomic E-state index is 13.6. The van der Waals surface area contributed by atoms with E-state index in [-0.39, 0.29) is 11.5 Å². The topological polar surface area (TPSA) is 54.3 Å². The first-order chi connectivity index (χ1) is 13.6. The van der Waals surface area contributed by atoms with Crippen LogP contribution in [0.2, 0.25) is 0 Å². The third-order valence-corrected chi connectivity index (χ3v) is 5.57. The Balaban J connectivity index is 1.73. The molecular formula is C22H19FN2O2S. The number of benzene rings is 2. The summed E-state index contributed by atoms with van der Waals surface area (Å²) in [6, 6.07) is 17.9. The first-order valence-electron chi connectivity index (χ1n) is 8.94. The minimum Gasteiger partial charge on any atom is -0.477 e. The number of halogens is 1. The van der Waals surface area contributed by atoms with E-state index in [0.717, 1.165) is 22.0 Å². The molecule has 2 aromatic heterocycles. The average Bonchev–Trinajstić information content (AvgIpc) is 3.29. The highest BCUT2D eigenvalue weighted by Crippen LogP contribution is 2.28. The molecule has 0 bridgehead atoms. The van der Waals surface area contributed by atoms with Gasteiger partial charge in [0.25, 0.3) is 0 Å². The normalized spacial score (nSPS) is 11.2. The van der Waals surface area contributed by atoms with Gasteiger partial charge in [-0.05, 0) is 35.2 Å². The van der Waals surface area contributed by atoms with Gasteiger partial charge in [0, 0.05) is 41.0 Å². The van der Waals surface area contributed by atoms with Crippen LogP contribution in [0.1, 0.15) is 26.5 Å². The van der Waals surface area contributed by atoms with Crippen molar-refractivity contribution in [1.82, 2.24) is 9.88 Å². The maximum Gasteiger partial charge on any atom is 0.352 e. The summed E-state index contributed by atoms with van der Waals surface area (Å²) in [4.78, 5) is 13.3. The molecule has 0 saturated heterocycles. The van der Waals surface area contributed by atoms with E-state index in [0.29, 0.717) is 19.6 Å². The zero-order valence-electron chi connectivity index (χ0n) is 15.1. The summed E-state index contributed by atoms with van der Waals surface area (Å²) in [5.74, 6) is -1.32. The minimum absolute atomic E-state index is 0.240. The Labute approximate surface area is 165 Å². The van der Waals surface area contributed by atoms with Gasteiger partial charge in [-0.25, -0.2) is 9.18 Å². The third kappa shape index (κ3) is 3.69. The number of para-hydroxylation sites is 1. The van der Waals surface area contributed by atoms with Crippen LogP contribution in [-0.4, -0.2) is 15.6 Å². The Hall–Kier alpha value is -2.96. The lowest BCUT2D eigenvalue weighted by Gasteiger charge is -2.10. The van der Waals surface area contributed by atoms with Crippen molar-refractivity contribution in [2.75, 3.05) is 0 Å². The number of carboxylic acids is 1.